The van der Waals surface area contributed by atoms with Gasteiger partial charge in [-0.05, 0) is 88.1 Å². The fraction of sp³-hybridized carbons (Fsp3) is 0.480. The number of sulfone groups is 1. The molecule has 0 spiro atoms. The molecule has 10 heteroatoms. The molecule has 2 aromatic carbocycles. The van der Waals surface area contributed by atoms with Crippen molar-refractivity contribution in [2.75, 3.05) is 11.2 Å². The Balaban J connectivity index is 1.38. The first-order chi connectivity index (χ1) is 16.2. The molecule has 2 bridgehead atoms. The van der Waals surface area contributed by atoms with Gasteiger partial charge in [0, 0.05) is 30.1 Å². The Kier molecular flexibility index (Phi) is 6.54. The van der Waals surface area contributed by atoms with E-state index in [1.807, 2.05) is 12.1 Å². The minimum absolute atomic E-state index is 0.0537. The number of benzene rings is 2. The Morgan fingerprint density at radius 2 is 1.51 bits per heavy atom. The maximum absolute atomic E-state index is 13.0. The number of hydrogen-bond acceptors (Lipinski definition) is 5. The number of nitrogens with zero attached hydrogens (tertiary/aromatic N) is 1. The number of hydrogen-bond donors (Lipinski definition) is 1. The van der Waals surface area contributed by atoms with Crippen LogP contribution >= 0.6 is 0 Å². The molecule has 6 nitrogen and oxygen atoms in total. The first kappa shape index (κ1) is 25.3. The van der Waals surface area contributed by atoms with Crippen LogP contribution in [0.4, 0.5) is 18.9 Å². The van der Waals surface area contributed by atoms with Gasteiger partial charge in [-0.2, -0.15) is 13.2 Å². The zero-order chi connectivity index (χ0) is 25.6. The number of ether oxygens (including phenoxy) is 1. The predicted molar refractivity (Wildman–Crippen MR) is 126 cm³/mol. The first-order valence-corrected chi connectivity index (χ1v) is 13.4. The largest absolute Gasteiger partial charge is 0.478 e. The lowest BCUT2D eigenvalue weighted by atomic mass is 9.95. The highest BCUT2D eigenvalue weighted by Gasteiger charge is 2.42. The summed E-state index contributed by atoms with van der Waals surface area (Å²) in [6.07, 6.45) is 0.198. The third kappa shape index (κ3) is 5.58. The Morgan fingerprint density at radius 3 is 2.00 bits per heavy atom. The third-order valence-electron chi connectivity index (χ3n) is 6.73. The van der Waals surface area contributed by atoms with E-state index in [4.69, 9.17) is 4.74 Å². The number of amides is 1. The molecular formula is C25H29F3N2O4S. The normalized spacial score (nSPS) is 22.7. The van der Waals surface area contributed by atoms with Gasteiger partial charge in [0.05, 0.1) is 10.5 Å². The Morgan fingerprint density at radius 1 is 0.971 bits per heavy atom. The average Bonchev–Trinajstić information content (AvgIpc) is 3.03. The fourth-order valence-electron chi connectivity index (χ4n) is 4.99. The maximum Gasteiger partial charge on any atom is 0.416 e. The standard InChI is InChI=1S/C25H29F3N2O4S/c1-24(2,34-21-10-4-16(5-11-21)25(26,27)28)23(31)29-17-14-19-6-7-20(15-17)30(19)18-8-12-22(13-9-18)35(3,32)33/h4-5,8-13,17,19-20H,6-7,14-15H2,1-3H3,(H,29,31). The second-order valence-electron chi connectivity index (χ2n) is 9.83. The first-order valence-electron chi connectivity index (χ1n) is 11.5. The van der Waals surface area contributed by atoms with Gasteiger partial charge in [0.1, 0.15) is 5.75 Å². The topological polar surface area (TPSA) is 75.7 Å². The Bertz CT molecular complexity index is 1160. The fourth-order valence-corrected chi connectivity index (χ4v) is 5.62. The molecular weight excluding hydrogens is 481 g/mol. The van der Waals surface area contributed by atoms with E-state index in [2.05, 4.69) is 10.2 Å². The van der Waals surface area contributed by atoms with Crippen molar-refractivity contribution in [3.05, 3.63) is 54.1 Å². The van der Waals surface area contributed by atoms with Gasteiger partial charge in [-0.3, -0.25) is 4.79 Å². The lowest BCUT2D eigenvalue weighted by molar-refractivity contribution is -0.138. The number of alkyl halides is 3. The zero-order valence-corrected chi connectivity index (χ0v) is 20.6. The summed E-state index contributed by atoms with van der Waals surface area (Å²) < 4.78 is 67.6. The van der Waals surface area contributed by atoms with Crippen LogP contribution in [0.1, 0.15) is 45.1 Å². The van der Waals surface area contributed by atoms with Crippen molar-refractivity contribution in [1.82, 2.24) is 5.32 Å². The minimum Gasteiger partial charge on any atom is -0.478 e. The van der Waals surface area contributed by atoms with Crippen LogP contribution in [-0.2, 0) is 20.8 Å². The van der Waals surface area contributed by atoms with Crippen molar-refractivity contribution in [2.45, 2.75) is 74.3 Å². The van der Waals surface area contributed by atoms with Crippen LogP contribution in [0, 0.1) is 0 Å². The van der Waals surface area contributed by atoms with Gasteiger partial charge in [0.15, 0.2) is 15.4 Å². The molecule has 2 saturated heterocycles. The summed E-state index contributed by atoms with van der Waals surface area (Å²) in [5.41, 5.74) is -1.07. The second kappa shape index (κ2) is 9.04. The smallest absolute Gasteiger partial charge is 0.416 e. The number of nitrogens with one attached hydrogen (secondary N) is 1. The average molecular weight is 511 g/mol. The van der Waals surface area contributed by atoms with Gasteiger partial charge in [-0.15, -0.1) is 0 Å². The van der Waals surface area contributed by atoms with Gasteiger partial charge < -0.3 is 15.0 Å². The van der Waals surface area contributed by atoms with E-state index in [9.17, 15) is 26.4 Å². The van der Waals surface area contributed by atoms with Crippen LogP contribution in [-0.4, -0.2) is 44.3 Å². The van der Waals surface area contributed by atoms with E-state index >= 15 is 0 Å². The van der Waals surface area contributed by atoms with Crippen LogP contribution in [0.25, 0.3) is 0 Å². The number of anilines is 1. The molecule has 1 N–H and O–H groups in total. The lowest BCUT2D eigenvalue weighted by Gasteiger charge is -2.41. The summed E-state index contributed by atoms with van der Waals surface area (Å²) in [6.45, 7) is 3.18. The molecule has 2 atom stereocenters. The molecule has 0 aromatic heterocycles. The Labute approximate surface area is 203 Å². The summed E-state index contributed by atoms with van der Waals surface area (Å²) in [4.78, 5) is 15.6. The third-order valence-corrected chi connectivity index (χ3v) is 7.86. The van der Waals surface area contributed by atoms with Gasteiger partial charge in [-0.1, -0.05) is 0 Å². The summed E-state index contributed by atoms with van der Waals surface area (Å²) in [5, 5.41) is 3.07. The number of rotatable bonds is 6. The number of fused-ring (bicyclic) bond motifs is 2. The van der Waals surface area contributed by atoms with Gasteiger partial charge >= 0.3 is 6.18 Å². The number of carbonyl (C=O) groups excluding carboxylic acids is 1. The Hall–Kier alpha value is -2.75. The van der Waals surface area contributed by atoms with Crippen molar-refractivity contribution in [3.8, 4) is 5.75 Å². The van der Waals surface area contributed by atoms with E-state index in [0.717, 1.165) is 43.5 Å². The van der Waals surface area contributed by atoms with E-state index in [1.54, 1.807) is 26.0 Å². The number of carbonyl (C=O) groups is 1. The molecule has 1 amide bonds. The molecule has 0 saturated carbocycles. The maximum atomic E-state index is 13.0. The van der Waals surface area contributed by atoms with Crippen molar-refractivity contribution in [3.63, 3.8) is 0 Å². The highest BCUT2D eigenvalue weighted by atomic mass is 32.2. The molecule has 2 fully saturated rings. The molecule has 190 valence electrons. The molecule has 2 aliphatic rings. The molecule has 2 unspecified atom stereocenters. The highest BCUT2D eigenvalue weighted by Crippen LogP contribution is 2.40. The lowest BCUT2D eigenvalue weighted by Crippen LogP contribution is -2.55. The summed E-state index contributed by atoms with van der Waals surface area (Å²) >= 11 is 0. The van der Waals surface area contributed by atoms with Crippen molar-refractivity contribution in [1.29, 1.82) is 0 Å². The van der Waals surface area contributed by atoms with Crippen LogP contribution in [0.3, 0.4) is 0 Å². The van der Waals surface area contributed by atoms with Crippen LogP contribution in [0.5, 0.6) is 5.75 Å². The predicted octanol–water partition coefficient (Wildman–Crippen LogP) is 4.58. The van der Waals surface area contributed by atoms with Gasteiger partial charge in [0.2, 0.25) is 0 Å². The molecule has 2 aromatic rings. The van der Waals surface area contributed by atoms with E-state index in [1.165, 1.54) is 18.4 Å². The number of piperidine rings is 1. The second-order valence-corrected chi connectivity index (χ2v) is 11.9. The van der Waals surface area contributed by atoms with E-state index in [0.29, 0.717) is 0 Å². The molecule has 35 heavy (non-hydrogen) atoms. The van der Waals surface area contributed by atoms with Gasteiger partial charge in [-0.25, -0.2) is 8.42 Å². The van der Waals surface area contributed by atoms with Crippen molar-refractivity contribution >= 4 is 21.4 Å². The monoisotopic (exact) mass is 510 g/mol. The number of halogens is 3. The van der Waals surface area contributed by atoms with Crippen LogP contribution in [0.2, 0.25) is 0 Å². The zero-order valence-electron chi connectivity index (χ0n) is 19.8. The molecule has 2 heterocycles. The molecule has 4 rings (SSSR count). The SMILES string of the molecule is CC(C)(Oc1ccc(C(F)(F)F)cc1)C(=O)NC1CC2CCC(C1)N2c1ccc(S(C)(=O)=O)cc1. The minimum atomic E-state index is -4.44. The molecule has 2 aliphatic heterocycles. The summed E-state index contributed by atoms with van der Waals surface area (Å²) in [6, 6.07) is 11.6. The van der Waals surface area contributed by atoms with E-state index in [-0.39, 0.29) is 34.7 Å². The molecule has 0 aliphatic carbocycles. The summed E-state index contributed by atoms with van der Waals surface area (Å²) in [5.74, 6) is -0.140. The highest BCUT2D eigenvalue weighted by molar-refractivity contribution is 7.90. The van der Waals surface area contributed by atoms with Crippen molar-refractivity contribution < 1.29 is 31.1 Å². The van der Waals surface area contributed by atoms with Crippen LogP contribution in [0.15, 0.2) is 53.4 Å². The van der Waals surface area contributed by atoms with Gasteiger partial charge in [0.25, 0.3) is 5.91 Å². The van der Waals surface area contributed by atoms with E-state index < -0.39 is 27.2 Å². The summed E-state index contributed by atoms with van der Waals surface area (Å²) in [7, 11) is -3.26. The quantitative estimate of drug-likeness (QED) is 0.616. The molecule has 0 radical (unpaired) electrons. The van der Waals surface area contributed by atoms with Crippen LogP contribution < -0.4 is 15.0 Å². The van der Waals surface area contributed by atoms with Crippen molar-refractivity contribution in [2.24, 2.45) is 0 Å².